The van der Waals surface area contributed by atoms with Crippen LogP contribution in [-0.4, -0.2) is 18.0 Å². The number of rotatable bonds is 4. The van der Waals surface area contributed by atoms with Crippen LogP contribution in [0.4, 0.5) is 10.1 Å². The second-order valence-corrected chi connectivity index (χ2v) is 4.64. The molecule has 0 aliphatic heterocycles. The van der Waals surface area contributed by atoms with Crippen molar-refractivity contribution in [1.29, 1.82) is 0 Å². The SMILES string of the molecule is Cc1ccc(NC(=O)C(C)NC2CC2)c(F)c1. The van der Waals surface area contributed by atoms with Crippen LogP contribution in [0.5, 0.6) is 0 Å². The van der Waals surface area contributed by atoms with Crippen LogP contribution in [0.2, 0.25) is 0 Å². The van der Waals surface area contributed by atoms with Gasteiger partial charge < -0.3 is 10.6 Å². The first-order chi connectivity index (χ1) is 8.06. The molecule has 1 aromatic carbocycles. The van der Waals surface area contributed by atoms with Crippen molar-refractivity contribution >= 4 is 11.6 Å². The van der Waals surface area contributed by atoms with Crippen LogP contribution >= 0.6 is 0 Å². The van der Waals surface area contributed by atoms with E-state index in [0.717, 1.165) is 18.4 Å². The number of carbonyl (C=O) groups is 1. The van der Waals surface area contributed by atoms with E-state index in [9.17, 15) is 9.18 Å². The molecule has 1 aromatic rings. The Morgan fingerprint density at radius 2 is 2.18 bits per heavy atom. The highest BCUT2D eigenvalue weighted by Crippen LogP contribution is 2.20. The van der Waals surface area contributed by atoms with Gasteiger partial charge in [-0.1, -0.05) is 6.07 Å². The Morgan fingerprint density at radius 3 is 2.76 bits per heavy atom. The zero-order valence-corrected chi connectivity index (χ0v) is 10.1. The molecule has 0 spiro atoms. The van der Waals surface area contributed by atoms with Crippen LogP contribution in [0.3, 0.4) is 0 Å². The summed E-state index contributed by atoms with van der Waals surface area (Å²) in [5.74, 6) is -0.586. The molecule has 4 heteroatoms. The maximum atomic E-state index is 13.5. The lowest BCUT2D eigenvalue weighted by molar-refractivity contribution is -0.117. The highest BCUT2D eigenvalue weighted by molar-refractivity contribution is 5.94. The number of halogens is 1. The molecule has 0 radical (unpaired) electrons. The Balaban J connectivity index is 1.96. The smallest absolute Gasteiger partial charge is 0.241 e. The summed E-state index contributed by atoms with van der Waals surface area (Å²) >= 11 is 0. The Bertz CT molecular complexity index is 429. The highest BCUT2D eigenvalue weighted by Gasteiger charge is 2.25. The maximum absolute atomic E-state index is 13.5. The second kappa shape index (κ2) is 4.84. The molecule has 0 bridgehead atoms. The average molecular weight is 236 g/mol. The fourth-order valence-corrected chi connectivity index (χ4v) is 1.64. The van der Waals surface area contributed by atoms with Crippen molar-refractivity contribution in [2.75, 3.05) is 5.32 Å². The molecule has 0 heterocycles. The molecule has 0 aromatic heterocycles. The van der Waals surface area contributed by atoms with Crippen LogP contribution in [0.25, 0.3) is 0 Å². The lowest BCUT2D eigenvalue weighted by atomic mass is 10.2. The van der Waals surface area contributed by atoms with Gasteiger partial charge in [-0.25, -0.2) is 4.39 Å². The van der Waals surface area contributed by atoms with Gasteiger partial charge in [0.1, 0.15) is 5.82 Å². The standard InChI is InChI=1S/C13H17FN2O/c1-8-3-6-12(11(14)7-8)16-13(17)9(2)15-10-4-5-10/h3,6-7,9-10,15H,4-5H2,1-2H3,(H,16,17). The molecule has 92 valence electrons. The molecule has 2 rings (SSSR count). The summed E-state index contributed by atoms with van der Waals surface area (Å²) in [6.45, 7) is 3.60. The predicted molar refractivity (Wildman–Crippen MR) is 65.4 cm³/mol. The number of hydrogen-bond donors (Lipinski definition) is 2. The van der Waals surface area contributed by atoms with Gasteiger partial charge in [-0.3, -0.25) is 4.79 Å². The summed E-state index contributed by atoms with van der Waals surface area (Å²) in [7, 11) is 0. The van der Waals surface area contributed by atoms with Crippen molar-refractivity contribution in [1.82, 2.24) is 5.32 Å². The molecular formula is C13H17FN2O. The maximum Gasteiger partial charge on any atom is 0.241 e. The lowest BCUT2D eigenvalue weighted by Crippen LogP contribution is -2.39. The molecule has 0 saturated heterocycles. The van der Waals surface area contributed by atoms with Gasteiger partial charge in [0.25, 0.3) is 0 Å². The van der Waals surface area contributed by atoms with E-state index in [1.165, 1.54) is 6.07 Å². The van der Waals surface area contributed by atoms with Crippen molar-refractivity contribution in [2.45, 2.75) is 38.8 Å². The number of carbonyl (C=O) groups excluding carboxylic acids is 1. The van der Waals surface area contributed by atoms with Crippen LogP contribution < -0.4 is 10.6 Å². The number of aryl methyl sites for hydroxylation is 1. The Labute approximate surface area is 100 Å². The average Bonchev–Trinajstić information content (AvgIpc) is 3.06. The first-order valence-electron chi connectivity index (χ1n) is 5.89. The van der Waals surface area contributed by atoms with Gasteiger partial charge in [-0.15, -0.1) is 0 Å². The van der Waals surface area contributed by atoms with E-state index in [0.29, 0.717) is 6.04 Å². The molecular weight excluding hydrogens is 219 g/mol. The molecule has 1 saturated carbocycles. The van der Waals surface area contributed by atoms with E-state index >= 15 is 0 Å². The number of nitrogens with one attached hydrogen (secondary N) is 2. The van der Waals surface area contributed by atoms with E-state index in [2.05, 4.69) is 10.6 Å². The highest BCUT2D eigenvalue weighted by atomic mass is 19.1. The zero-order chi connectivity index (χ0) is 12.4. The van der Waals surface area contributed by atoms with Gasteiger partial charge in [-0.2, -0.15) is 0 Å². The van der Waals surface area contributed by atoms with Crippen molar-refractivity contribution in [2.24, 2.45) is 0 Å². The molecule has 1 atom stereocenters. The van der Waals surface area contributed by atoms with Crippen molar-refractivity contribution in [3.63, 3.8) is 0 Å². The fraction of sp³-hybridized carbons (Fsp3) is 0.462. The van der Waals surface area contributed by atoms with E-state index in [1.54, 1.807) is 19.1 Å². The molecule has 1 aliphatic carbocycles. The normalized spacial score (nSPS) is 16.6. The van der Waals surface area contributed by atoms with Gasteiger partial charge >= 0.3 is 0 Å². The summed E-state index contributed by atoms with van der Waals surface area (Å²) in [6.07, 6.45) is 2.24. The topological polar surface area (TPSA) is 41.1 Å². The molecule has 3 nitrogen and oxygen atoms in total. The minimum Gasteiger partial charge on any atom is -0.322 e. The third-order valence-electron chi connectivity index (χ3n) is 2.84. The Morgan fingerprint density at radius 1 is 1.47 bits per heavy atom. The number of amides is 1. The van der Waals surface area contributed by atoms with Crippen LogP contribution in [0, 0.1) is 12.7 Å². The van der Waals surface area contributed by atoms with Crippen LogP contribution in [-0.2, 0) is 4.79 Å². The first-order valence-corrected chi connectivity index (χ1v) is 5.89. The van der Waals surface area contributed by atoms with E-state index in [1.807, 2.05) is 6.92 Å². The van der Waals surface area contributed by atoms with Gasteiger partial charge in [0, 0.05) is 6.04 Å². The van der Waals surface area contributed by atoms with Crippen LogP contribution in [0.1, 0.15) is 25.3 Å². The van der Waals surface area contributed by atoms with E-state index in [-0.39, 0.29) is 17.6 Å². The summed E-state index contributed by atoms with van der Waals surface area (Å²) < 4.78 is 13.5. The third kappa shape index (κ3) is 3.27. The first kappa shape index (κ1) is 12.0. The van der Waals surface area contributed by atoms with E-state index < -0.39 is 5.82 Å². The fourth-order valence-electron chi connectivity index (χ4n) is 1.64. The van der Waals surface area contributed by atoms with Gasteiger partial charge in [-0.05, 0) is 44.4 Å². The van der Waals surface area contributed by atoms with Crippen molar-refractivity contribution in [3.05, 3.63) is 29.6 Å². The Kier molecular flexibility index (Phi) is 3.43. The zero-order valence-electron chi connectivity index (χ0n) is 10.1. The number of anilines is 1. The number of hydrogen-bond acceptors (Lipinski definition) is 2. The molecule has 1 aliphatic rings. The summed E-state index contributed by atoms with van der Waals surface area (Å²) in [5, 5.41) is 5.76. The van der Waals surface area contributed by atoms with Crippen LogP contribution in [0.15, 0.2) is 18.2 Å². The molecule has 2 N–H and O–H groups in total. The van der Waals surface area contributed by atoms with Crippen molar-refractivity contribution in [3.8, 4) is 0 Å². The third-order valence-corrected chi connectivity index (χ3v) is 2.84. The summed E-state index contributed by atoms with van der Waals surface area (Å²) in [6, 6.07) is 4.94. The summed E-state index contributed by atoms with van der Waals surface area (Å²) in [4.78, 5) is 11.8. The minimum atomic E-state index is -0.392. The van der Waals surface area contributed by atoms with Gasteiger partial charge in [0.2, 0.25) is 5.91 Å². The molecule has 1 unspecified atom stereocenters. The predicted octanol–water partition coefficient (Wildman–Crippen LogP) is 2.21. The van der Waals surface area contributed by atoms with Gasteiger partial charge in [0.05, 0.1) is 11.7 Å². The number of benzene rings is 1. The Hall–Kier alpha value is -1.42. The summed E-state index contributed by atoms with van der Waals surface area (Å²) in [5.41, 5.74) is 1.08. The van der Waals surface area contributed by atoms with Gasteiger partial charge in [0.15, 0.2) is 0 Å². The largest absolute Gasteiger partial charge is 0.322 e. The molecule has 1 amide bonds. The van der Waals surface area contributed by atoms with Crippen molar-refractivity contribution < 1.29 is 9.18 Å². The minimum absolute atomic E-state index is 0.195. The molecule has 1 fully saturated rings. The second-order valence-electron chi connectivity index (χ2n) is 4.64. The molecule has 17 heavy (non-hydrogen) atoms. The lowest BCUT2D eigenvalue weighted by Gasteiger charge is -2.14. The van der Waals surface area contributed by atoms with E-state index in [4.69, 9.17) is 0 Å². The monoisotopic (exact) mass is 236 g/mol. The quantitative estimate of drug-likeness (QED) is 0.841.